The normalized spacial score (nSPS) is 10.2. The van der Waals surface area contributed by atoms with Crippen LogP contribution in [0.15, 0.2) is 48.5 Å². The fourth-order valence-corrected chi connectivity index (χ4v) is 4.48. The van der Waals surface area contributed by atoms with Crippen molar-refractivity contribution < 1.29 is 9.72 Å². The van der Waals surface area contributed by atoms with E-state index in [0.29, 0.717) is 23.2 Å². The van der Waals surface area contributed by atoms with Crippen LogP contribution in [0, 0.1) is 33.8 Å². The Morgan fingerprint density at radius 2 is 1.31 bits per heavy atom. The van der Waals surface area contributed by atoms with E-state index in [1.807, 2.05) is 12.1 Å². The van der Waals surface area contributed by atoms with Gasteiger partial charge in [-0.05, 0) is 36.5 Å². The fourth-order valence-electron chi connectivity index (χ4n) is 4.48. The van der Waals surface area contributed by atoms with E-state index in [9.17, 15) is 14.9 Å². The summed E-state index contributed by atoms with van der Waals surface area (Å²) in [6.07, 6.45) is 19.8. The molecule has 0 bridgehead atoms. The van der Waals surface area contributed by atoms with E-state index in [0.717, 1.165) is 12.8 Å². The van der Waals surface area contributed by atoms with Crippen molar-refractivity contribution in [2.75, 3.05) is 6.54 Å². The van der Waals surface area contributed by atoms with Gasteiger partial charge in [0, 0.05) is 29.8 Å². The largest absolute Gasteiger partial charge is 0.352 e. The van der Waals surface area contributed by atoms with E-state index in [1.165, 1.54) is 95.6 Å². The second-order valence-corrected chi connectivity index (χ2v) is 10.1. The molecule has 0 radical (unpaired) electrons. The third kappa shape index (κ3) is 14.2. The Labute approximate surface area is 235 Å². The molecule has 0 unspecified atom stereocenters. The van der Waals surface area contributed by atoms with Gasteiger partial charge in [0.05, 0.1) is 10.5 Å². The number of rotatable bonds is 18. The monoisotopic (exact) mass is 528 g/mol. The number of unbranched alkanes of at least 4 members (excludes halogenated alkanes) is 14. The Morgan fingerprint density at radius 1 is 0.744 bits per heavy atom. The number of carbonyl (C=O) groups excluding carboxylic acids is 1. The Morgan fingerprint density at radius 3 is 1.92 bits per heavy atom. The molecule has 2 aromatic carbocycles. The standard InChI is InChI=1S/C34H44N2O3/c1-2-3-4-5-6-7-8-9-10-11-12-13-14-15-20-28-35-34(37)33-27-19-18-25-31(33)24-17-16-22-30-23-21-26-32(29-30)36(38)39/h18-19,21,23,25-27,29H,2-15,20,28H2,1H3,(H,35,37). The van der Waals surface area contributed by atoms with Gasteiger partial charge in [-0.3, -0.25) is 14.9 Å². The molecule has 0 aromatic heterocycles. The molecule has 5 heteroatoms. The van der Waals surface area contributed by atoms with Crippen molar-refractivity contribution in [1.82, 2.24) is 5.32 Å². The average Bonchev–Trinajstić information content (AvgIpc) is 2.95. The Hall–Kier alpha value is -3.57. The lowest BCUT2D eigenvalue weighted by Gasteiger charge is -2.07. The molecule has 0 atom stereocenters. The summed E-state index contributed by atoms with van der Waals surface area (Å²) in [4.78, 5) is 23.1. The van der Waals surface area contributed by atoms with E-state index < -0.39 is 4.92 Å². The Kier molecular flexibility index (Phi) is 16.6. The molecule has 0 spiro atoms. The number of hydrogen-bond acceptors (Lipinski definition) is 3. The smallest absolute Gasteiger partial charge is 0.270 e. The van der Waals surface area contributed by atoms with E-state index in [4.69, 9.17) is 0 Å². The van der Waals surface area contributed by atoms with Crippen molar-refractivity contribution >= 4 is 11.6 Å². The summed E-state index contributed by atoms with van der Waals surface area (Å²) in [5, 5.41) is 13.9. The maximum absolute atomic E-state index is 12.7. The topological polar surface area (TPSA) is 72.2 Å². The molecule has 0 saturated heterocycles. The van der Waals surface area contributed by atoms with Gasteiger partial charge in [0.25, 0.3) is 11.6 Å². The maximum atomic E-state index is 12.7. The highest BCUT2D eigenvalue weighted by Crippen LogP contribution is 2.14. The molecule has 2 rings (SSSR count). The van der Waals surface area contributed by atoms with Crippen LogP contribution in [-0.4, -0.2) is 17.4 Å². The number of nitrogens with zero attached hydrogens (tertiary/aromatic N) is 1. The van der Waals surface area contributed by atoms with E-state index in [2.05, 4.69) is 35.9 Å². The van der Waals surface area contributed by atoms with Gasteiger partial charge in [0.15, 0.2) is 0 Å². The van der Waals surface area contributed by atoms with Crippen LogP contribution in [0.3, 0.4) is 0 Å². The van der Waals surface area contributed by atoms with Crippen molar-refractivity contribution in [3.05, 3.63) is 75.3 Å². The zero-order valence-corrected chi connectivity index (χ0v) is 23.6. The number of nitrogens with one attached hydrogen (secondary N) is 1. The molecular weight excluding hydrogens is 484 g/mol. The molecule has 0 aliphatic rings. The molecule has 0 fully saturated rings. The van der Waals surface area contributed by atoms with Crippen LogP contribution >= 0.6 is 0 Å². The highest BCUT2D eigenvalue weighted by Gasteiger charge is 2.08. The summed E-state index contributed by atoms with van der Waals surface area (Å²) < 4.78 is 0. The second kappa shape index (κ2) is 20.4. The zero-order valence-electron chi connectivity index (χ0n) is 23.6. The number of carbonyl (C=O) groups is 1. The number of nitro benzene ring substituents is 1. The molecule has 1 amide bonds. The van der Waals surface area contributed by atoms with Gasteiger partial charge in [-0.2, -0.15) is 0 Å². The Bertz CT molecular complexity index is 1130. The minimum absolute atomic E-state index is 0.00846. The van der Waals surface area contributed by atoms with Crippen molar-refractivity contribution in [3.8, 4) is 23.7 Å². The predicted octanol–water partition coefficient (Wildman–Crippen LogP) is 8.60. The SMILES string of the molecule is CCCCCCCCCCCCCCCCCNC(=O)c1ccccc1C#CC#Cc1cccc([N+](=O)[O-])c1. The molecule has 0 heterocycles. The summed E-state index contributed by atoms with van der Waals surface area (Å²) in [5.41, 5.74) is 1.65. The highest BCUT2D eigenvalue weighted by atomic mass is 16.6. The molecule has 0 aliphatic carbocycles. The third-order valence-corrected chi connectivity index (χ3v) is 6.76. The number of nitro groups is 1. The van der Waals surface area contributed by atoms with Gasteiger partial charge >= 0.3 is 0 Å². The summed E-state index contributed by atoms with van der Waals surface area (Å²) in [6, 6.07) is 13.3. The quantitative estimate of drug-likeness (QED) is 0.0911. The fraction of sp³-hybridized carbons (Fsp3) is 0.500. The first-order valence-corrected chi connectivity index (χ1v) is 14.8. The van der Waals surface area contributed by atoms with Gasteiger partial charge in [-0.25, -0.2) is 0 Å². The molecular formula is C34H44N2O3. The van der Waals surface area contributed by atoms with Crippen LogP contribution in [0.2, 0.25) is 0 Å². The van der Waals surface area contributed by atoms with Crippen molar-refractivity contribution in [2.24, 2.45) is 0 Å². The first-order chi connectivity index (χ1) is 19.1. The van der Waals surface area contributed by atoms with Crippen molar-refractivity contribution in [2.45, 2.75) is 103 Å². The molecule has 39 heavy (non-hydrogen) atoms. The highest BCUT2D eigenvalue weighted by molar-refractivity contribution is 5.96. The van der Waals surface area contributed by atoms with Gasteiger partial charge < -0.3 is 5.32 Å². The van der Waals surface area contributed by atoms with Crippen LogP contribution in [0.1, 0.15) is 125 Å². The number of non-ortho nitro benzene ring substituents is 1. The second-order valence-electron chi connectivity index (χ2n) is 10.1. The molecule has 0 aliphatic heterocycles. The minimum Gasteiger partial charge on any atom is -0.352 e. The van der Waals surface area contributed by atoms with E-state index in [1.54, 1.807) is 24.3 Å². The van der Waals surface area contributed by atoms with Gasteiger partial charge in [0.2, 0.25) is 0 Å². The van der Waals surface area contributed by atoms with Crippen LogP contribution < -0.4 is 5.32 Å². The lowest BCUT2D eigenvalue weighted by Crippen LogP contribution is -2.25. The van der Waals surface area contributed by atoms with E-state index in [-0.39, 0.29) is 11.6 Å². The lowest BCUT2D eigenvalue weighted by atomic mass is 10.0. The summed E-state index contributed by atoms with van der Waals surface area (Å²) in [5.74, 6) is 11.1. The van der Waals surface area contributed by atoms with Gasteiger partial charge in [-0.1, -0.05) is 127 Å². The van der Waals surface area contributed by atoms with Crippen LogP contribution in [0.5, 0.6) is 0 Å². The molecule has 1 N–H and O–H groups in total. The third-order valence-electron chi connectivity index (χ3n) is 6.76. The average molecular weight is 529 g/mol. The van der Waals surface area contributed by atoms with Crippen molar-refractivity contribution in [1.29, 1.82) is 0 Å². The summed E-state index contributed by atoms with van der Waals surface area (Å²) >= 11 is 0. The number of amides is 1. The molecule has 208 valence electrons. The van der Waals surface area contributed by atoms with Crippen LogP contribution in [0.25, 0.3) is 0 Å². The lowest BCUT2D eigenvalue weighted by molar-refractivity contribution is -0.384. The summed E-state index contributed by atoms with van der Waals surface area (Å²) in [6.45, 7) is 2.93. The first-order valence-electron chi connectivity index (χ1n) is 14.8. The number of hydrogen-bond donors (Lipinski definition) is 1. The predicted molar refractivity (Wildman–Crippen MR) is 161 cm³/mol. The molecule has 5 nitrogen and oxygen atoms in total. The maximum Gasteiger partial charge on any atom is 0.270 e. The molecule has 0 saturated carbocycles. The van der Waals surface area contributed by atoms with Crippen LogP contribution in [-0.2, 0) is 0 Å². The summed E-state index contributed by atoms with van der Waals surface area (Å²) in [7, 11) is 0. The van der Waals surface area contributed by atoms with Crippen LogP contribution in [0.4, 0.5) is 5.69 Å². The van der Waals surface area contributed by atoms with Crippen molar-refractivity contribution in [3.63, 3.8) is 0 Å². The number of benzene rings is 2. The minimum atomic E-state index is -0.453. The Balaban J connectivity index is 1.60. The van der Waals surface area contributed by atoms with Gasteiger partial charge in [-0.15, -0.1) is 0 Å². The van der Waals surface area contributed by atoms with Gasteiger partial charge in [0.1, 0.15) is 0 Å². The first kappa shape index (κ1) is 31.6. The van der Waals surface area contributed by atoms with E-state index >= 15 is 0 Å². The molecule has 2 aromatic rings. The zero-order chi connectivity index (χ0) is 28.0.